The summed E-state index contributed by atoms with van der Waals surface area (Å²) in [4.78, 5) is 17.4. The van der Waals surface area contributed by atoms with Gasteiger partial charge < -0.3 is 15.4 Å². The molecule has 1 heterocycles. The predicted molar refractivity (Wildman–Crippen MR) is 76.7 cm³/mol. The van der Waals surface area contributed by atoms with Crippen LogP contribution in [0.1, 0.15) is 16.1 Å². The van der Waals surface area contributed by atoms with E-state index < -0.39 is 0 Å². The molecule has 2 N–H and O–H groups in total. The van der Waals surface area contributed by atoms with E-state index in [4.69, 9.17) is 10.5 Å². The fourth-order valence-corrected chi connectivity index (χ4v) is 1.72. The van der Waals surface area contributed by atoms with Gasteiger partial charge >= 0.3 is 0 Å². The summed E-state index contributed by atoms with van der Waals surface area (Å²) in [6.45, 7) is 0.394. The van der Waals surface area contributed by atoms with Gasteiger partial charge in [-0.25, -0.2) is 0 Å². The average molecular weight is 271 g/mol. The number of hydrogen-bond acceptors (Lipinski definition) is 4. The van der Waals surface area contributed by atoms with E-state index in [1.807, 2.05) is 24.3 Å². The number of nitrogens with zero attached hydrogens (tertiary/aromatic N) is 2. The largest absolute Gasteiger partial charge is 0.457 e. The second-order valence-electron chi connectivity index (χ2n) is 4.49. The Morgan fingerprint density at radius 1 is 1.30 bits per heavy atom. The number of ether oxygens (including phenoxy) is 1. The Bertz CT molecular complexity index is 612. The molecule has 0 unspecified atom stereocenters. The van der Waals surface area contributed by atoms with Gasteiger partial charge in [0.25, 0.3) is 5.91 Å². The predicted octanol–water partition coefficient (Wildman–Crippen LogP) is 2.03. The average Bonchev–Trinajstić information content (AvgIpc) is 2.47. The molecule has 5 nitrogen and oxygen atoms in total. The zero-order chi connectivity index (χ0) is 14.5. The summed E-state index contributed by atoms with van der Waals surface area (Å²) in [6, 6.07) is 10.9. The first kappa shape index (κ1) is 14.0. The van der Waals surface area contributed by atoms with E-state index in [2.05, 4.69) is 4.98 Å². The van der Waals surface area contributed by atoms with Crippen molar-refractivity contribution in [3.8, 4) is 11.5 Å². The third-order valence-corrected chi connectivity index (χ3v) is 2.78. The Morgan fingerprint density at radius 3 is 2.75 bits per heavy atom. The summed E-state index contributed by atoms with van der Waals surface area (Å²) in [7, 11) is 3.36. The minimum absolute atomic E-state index is 0.164. The molecule has 20 heavy (non-hydrogen) atoms. The third kappa shape index (κ3) is 3.13. The number of carbonyl (C=O) groups is 1. The van der Waals surface area contributed by atoms with Crippen molar-refractivity contribution >= 4 is 5.91 Å². The number of pyridine rings is 1. The first-order valence-electron chi connectivity index (χ1n) is 6.25. The van der Waals surface area contributed by atoms with Gasteiger partial charge in [-0.1, -0.05) is 18.2 Å². The Labute approximate surface area is 118 Å². The van der Waals surface area contributed by atoms with Crippen LogP contribution in [-0.4, -0.2) is 29.9 Å². The minimum atomic E-state index is -0.164. The maximum Gasteiger partial charge on any atom is 0.272 e. The fourth-order valence-electron chi connectivity index (χ4n) is 1.72. The van der Waals surface area contributed by atoms with E-state index in [9.17, 15) is 4.79 Å². The van der Waals surface area contributed by atoms with Gasteiger partial charge in [-0.05, 0) is 12.1 Å². The summed E-state index contributed by atoms with van der Waals surface area (Å²) in [5.74, 6) is 1.08. The number of aromatic nitrogens is 1. The molecule has 0 spiro atoms. The van der Waals surface area contributed by atoms with Crippen LogP contribution < -0.4 is 10.5 Å². The highest BCUT2D eigenvalue weighted by Crippen LogP contribution is 2.25. The van der Waals surface area contributed by atoms with Crippen molar-refractivity contribution in [3.63, 3.8) is 0 Å². The Balaban J connectivity index is 2.26. The van der Waals surface area contributed by atoms with Crippen LogP contribution in [0.25, 0.3) is 0 Å². The normalized spacial score (nSPS) is 10.2. The van der Waals surface area contributed by atoms with Gasteiger partial charge in [0.2, 0.25) is 0 Å². The first-order valence-corrected chi connectivity index (χ1v) is 6.25. The third-order valence-electron chi connectivity index (χ3n) is 2.78. The zero-order valence-electron chi connectivity index (χ0n) is 11.5. The lowest BCUT2D eigenvalue weighted by Gasteiger charge is -2.12. The van der Waals surface area contributed by atoms with Crippen molar-refractivity contribution in [3.05, 3.63) is 53.9 Å². The molecule has 1 aromatic carbocycles. The van der Waals surface area contributed by atoms with E-state index in [0.29, 0.717) is 23.7 Å². The van der Waals surface area contributed by atoms with E-state index in [1.165, 1.54) is 4.90 Å². The van der Waals surface area contributed by atoms with Gasteiger partial charge in [0.1, 0.15) is 17.2 Å². The monoisotopic (exact) mass is 271 g/mol. The molecule has 1 aromatic heterocycles. The van der Waals surface area contributed by atoms with E-state index in [-0.39, 0.29) is 5.91 Å². The van der Waals surface area contributed by atoms with Crippen LogP contribution >= 0.6 is 0 Å². The topological polar surface area (TPSA) is 68.5 Å². The van der Waals surface area contributed by atoms with Crippen molar-refractivity contribution in [2.75, 3.05) is 14.1 Å². The quantitative estimate of drug-likeness (QED) is 0.924. The molecule has 0 fully saturated rings. The Kier molecular flexibility index (Phi) is 4.32. The van der Waals surface area contributed by atoms with Crippen LogP contribution in [-0.2, 0) is 6.54 Å². The molecule has 0 aliphatic rings. The molecular formula is C15H17N3O2. The fraction of sp³-hybridized carbons (Fsp3) is 0.200. The van der Waals surface area contributed by atoms with Crippen molar-refractivity contribution in [1.82, 2.24) is 9.88 Å². The summed E-state index contributed by atoms with van der Waals surface area (Å²) >= 11 is 0. The molecule has 104 valence electrons. The molecular weight excluding hydrogens is 254 g/mol. The number of para-hydroxylation sites is 1. The number of amides is 1. The SMILES string of the molecule is CN(C)C(=O)c1cc(Oc2ccccc2CN)ccn1. The van der Waals surface area contributed by atoms with Crippen LogP contribution in [0.4, 0.5) is 0 Å². The summed E-state index contributed by atoms with van der Waals surface area (Å²) in [5, 5.41) is 0. The van der Waals surface area contributed by atoms with Crippen molar-refractivity contribution in [2.24, 2.45) is 5.73 Å². The summed E-state index contributed by atoms with van der Waals surface area (Å²) in [5.41, 5.74) is 6.92. The molecule has 1 amide bonds. The molecule has 0 atom stereocenters. The standard InChI is InChI=1S/C15H17N3O2/c1-18(2)15(19)13-9-12(7-8-17-13)20-14-6-4-3-5-11(14)10-16/h3-9H,10,16H2,1-2H3. The van der Waals surface area contributed by atoms with Crippen LogP contribution in [0, 0.1) is 0 Å². The molecule has 0 radical (unpaired) electrons. The molecule has 0 bridgehead atoms. The Morgan fingerprint density at radius 2 is 2.05 bits per heavy atom. The number of rotatable bonds is 4. The maximum atomic E-state index is 11.9. The van der Waals surface area contributed by atoms with Crippen molar-refractivity contribution < 1.29 is 9.53 Å². The summed E-state index contributed by atoms with van der Waals surface area (Å²) < 4.78 is 5.78. The second-order valence-corrected chi connectivity index (χ2v) is 4.49. The van der Waals surface area contributed by atoms with E-state index in [1.54, 1.807) is 32.4 Å². The maximum absolute atomic E-state index is 11.9. The number of benzene rings is 1. The first-order chi connectivity index (χ1) is 9.61. The lowest BCUT2D eigenvalue weighted by molar-refractivity contribution is 0.0821. The number of carbonyl (C=O) groups excluding carboxylic acids is 1. The van der Waals surface area contributed by atoms with Crippen LogP contribution in [0.3, 0.4) is 0 Å². The lowest BCUT2D eigenvalue weighted by atomic mass is 10.2. The number of hydrogen-bond donors (Lipinski definition) is 1. The molecule has 5 heteroatoms. The van der Waals surface area contributed by atoms with Gasteiger partial charge in [0, 0.05) is 38.5 Å². The molecule has 0 aliphatic carbocycles. The highest BCUT2D eigenvalue weighted by molar-refractivity contribution is 5.92. The van der Waals surface area contributed by atoms with Gasteiger partial charge in [0.05, 0.1) is 0 Å². The van der Waals surface area contributed by atoms with Crippen molar-refractivity contribution in [1.29, 1.82) is 0 Å². The molecule has 2 aromatic rings. The summed E-state index contributed by atoms with van der Waals surface area (Å²) in [6.07, 6.45) is 1.55. The van der Waals surface area contributed by atoms with E-state index >= 15 is 0 Å². The molecule has 2 rings (SSSR count). The van der Waals surface area contributed by atoms with Crippen LogP contribution in [0.15, 0.2) is 42.6 Å². The molecule has 0 aliphatic heterocycles. The molecule has 0 saturated heterocycles. The highest BCUT2D eigenvalue weighted by Gasteiger charge is 2.11. The van der Waals surface area contributed by atoms with Crippen LogP contribution in [0.2, 0.25) is 0 Å². The Hall–Kier alpha value is -2.40. The minimum Gasteiger partial charge on any atom is -0.457 e. The zero-order valence-corrected chi connectivity index (χ0v) is 11.5. The van der Waals surface area contributed by atoms with E-state index in [0.717, 1.165) is 5.56 Å². The highest BCUT2D eigenvalue weighted by atomic mass is 16.5. The smallest absolute Gasteiger partial charge is 0.272 e. The second kappa shape index (κ2) is 6.16. The van der Waals surface area contributed by atoms with Crippen LogP contribution in [0.5, 0.6) is 11.5 Å². The van der Waals surface area contributed by atoms with Crippen molar-refractivity contribution in [2.45, 2.75) is 6.54 Å². The number of nitrogens with two attached hydrogens (primary N) is 1. The van der Waals surface area contributed by atoms with Gasteiger partial charge in [-0.3, -0.25) is 9.78 Å². The lowest BCUT2D eigenvalue weighted by Crippen LogP contribution is -2.22. The molecule has 0 saturated carbocycles. The van der Waals surface area contributed by atoms with Gasteiger partial charge in [0.15, 0.2) is 0 Å². The van der Waals surface area contributed by atoms with Gasteiger partial charge in [-0.15, -0.1) is 0 Å². The van der Waals surface area contributed by atoms with Gasteiger partial charge in [-0.2, -0.15) is 0 Å².